The molecule has 1 heterocycles. The van der Waals surface area contributed by atoms with Crippen LogP contribution in [0.4, 0.5) is 0 Å². The predicted molar refractivity (Wildman–Crippen MR) is 74.5 cm³/mol. The summed E-state index contributed by atoms with van der Waals surface area (Å²) in [5.41, 5.74) is 0. The third-order valence-corrected chi connectivity index (χ3v) is 3.60. The van der Waals surface area contributed by atoms with E-state index in [-0.39, 0.29) is 24.0 Å². The smallest absolute Gasteiger partial charge is 0.322 e. The lowest BCUT2D eigenvalue weighted by molar-refractivity contribution is -0.131. The maximum absolute atomic E-state index is 11.6. The van der Waals surface area contributed by atoms with Crippen LogP contribution in [0.25, 0.3) is 0 Å². The maximum atomic E-state index is 11.6. The van der Waals surface area contributed by atoms with Gasteiger partial charge < -0.3 is 25.0 Å². The van der Waals surface area contributed by atoms with Gasteiger partial charge in [-0.15, -0.1) is 4.98 Å². The van der Waals surface area contributed by atoms with Gasteiger partial charge in [0.15, 0.2) is 6.10 Å². The van der Waals surface area contributed by atoms with Gasteiger partial charge in [-0.2, -0.15) is 9.97 Å². The van der Waals surface area contributed by atoms with Crippen molar-refractivity contribution in [2.75, 3.05) is 20.8 Å². The molecule has 22 heavy (non-hydrogen) atoms. The second-order valence-electron chi connectivity index (χ2n) is 5.08. The van der Waals surface area contributed by atoms with Crippen LogP contribution in [0.15, 0.2) is 0 Å². The van der Waals surface area contributed by atoms with Crippen molar-refractivity contribution >= 4 is 5.91 Å². The number of aliphatic hydroxyl groups excluding tert-OH is 2. The summed E-state index contributed by atoms with van der Waals surface area (Å²) in [5.74, 6) is 0.0319. The van der Waals surface area contributed by atoms with Crippen LogP contribution < -0.4 is 14.8 Å². The summed E-state index contributed by atoms with van der Waals surface area (Å²) in [4.78, 5) is 24.0. The fourth-order valence-corrected chi connectivity index (χ4v) is 2.45. The standard InChI is InChI=1S/C13H20N4O5/c1-21-12-15-10(16-13(17-12)22-2)7-3-4-8(5-7)14-11(20)9(19)6-18/h7-9,18-19H,3-6H2,1-2H3,(H,14,20)/t7?,8-,9?/m0/s1. The van der Waals surface area contributed by atoms with Crippen LogP contribution in [-0.4, -0.2) is 64.0 Å². The van der Waals surface area contributed by atoms with Gasteiger partial charge in [0.1, 0.15) is 5.82 Å². The molecule has 3 atom stereocenters. The van der Waals surface area contributed by atoms with Crippen molar-refractivity contribution in [3.05, 3.63) is 5.82 Å². The zero-order chi connectivity index (χ0) is 16.1. The van der Waals surface area contributed by atoms with Gasteiger partial charge in [0.2, 0.25) is 0 Å². The minimum Gasteiger partial charge on any atom is -0.467 e. The zero-order valence-electron chi connectivity index (χ0n) is 12.5. The summed E-state index contributed by atoms with van der Waals surface area (Å²) in [6.07, 6.45) is 0.776. The molecular formula is C13H20N4O5. The van der Waals surface area contributed by atoms with E-state index >= 15 is 0 Å². The first kappa shape index (κ1) is 16.4. The molecule has 122 valence electrons. The van der Waals surface area contributed by atoms with Gasteiger partial charge in [-0.3, -0.25) is 4.79 Å². The molecule has 0 radical (unpaired) electrons. The maximum Gasteiger partial charge on any atom is 0.322 e. The predicted octanol–water partition coefficient (Wildman–Crippen LogP) is -1.01. The summed E-state index contributed by atoms with van der Waals surface area (Å²) >= 11 is 0. The van der Waals surface area contributed by atoms with Crippen LogP contribution in [0.3, 0.4) is 0 Å². The average Bonchev–Trinajstić information content (AvgIpc) is 3.01. The number of aromatic nitrogens is 3. The van der Waals surface area contributed by atoms with Crippen molar-refractivity contribution in [2.45, 2.75) is 37.3 Å². The highest BCUT2D eigenvalue weighted by Gasteiger charge is 2.31. The van der Waals surface area contributed by atoms with E-state index in [0.717, 1.165) is 12.8 Å². The van der Waals surface area contributed by atoms with Crippen LogP contribution in [0.2, 0.25) is 0 Å². The number of hydrogen-bond donors (Lipinski definition) is 3. The Morgan fingerprint density at radius 2 is 1.91 bits per heavy atom. The molecule has 9 heteroatoms. The van der Waals surface area contributed by atoms with Crippen LogP contribution in [0, 0.1) is 0 Å². The second kappa shape index (κ2) is 7.32. The molecule has 1 saturated carbocycles. The molecule has 1 aromatic heterocycles. The molecule has 3 N–H and O–H groups in total. The Hall–Kier alpha value is -2.00. The number of amides is 1. The molecule has 1 aliphatic carbocycles. The Bertz CT molecular complexity index is 505. The lowest BCUT2D eigenvalue weighted by atomic mass is 10.1. The number of rotatable bonds is 6. The number of carbonyl (C=O) groups excluding carboxylic acids is 1. The largest absolute Gasteiger partial charge is 0.467 e. The van der Waals surface area contributed by atoms with Gasteiger partial charge >= 0.3 is 12.0 Å². The fraction of sp³-hybridized carbons (Fsp3) is 0.692. The molecule has 1 aromatic rings. The first-order valence-corrected chi connectivity index (χ1v) is 7.00. The van der Waals surface area contributed by atoms with Crippen molar-refractivity contribution in [2.24, 2.45) is 0 Å². The Morgan fingerprint density at radius 1 is 1.27 bits per heavy atom. The van der Waals surface area contributed by atoms with E-state index < -0.39 is 18.6 Å². The molecular weight excluding hydrogens is 292 g/mol. The molecule has 1 fully saturated rings. The van der Waals surface area contributed by atoms with Crippen molar-refractivity contribution in [1.29, 1.82) is 0 Å². The highest BCUT2D eigenvalue weighted by Crippen LogP contribution is 2.33. The summed E-state index contributed by atoms with van der Waals surface area (Å²) in [7, 11) is 2.93. The lowest BCUT2D eigenvalue weighted by Gasteiger charge is -2.15. The van der Waals surface area contributed by atoms with Gasteiger partial charge in [0, 0.05) is 12.0 Å². The number of nitrogens with zero attached hydrogens (tertiary/aromatic N) is 3. The minimum absolute atomic E-state index is 0.0439. The summed E-state index contributed by atoms with van der Waals surface area (Å²) in [5, 5.41) is 20.7. The van der Waals surface area contributed by atoms with Crippen molar-refractivity contribution in [3.63, 3.8) is 0 Å². The quantitative estimate of drug-likeness (QED) is 0.610. The Morgan fingerprint density at radius 3 is 2.45 bits per heavy atom. The molecule has 0 aliphatic heterocycles. The second-order valence-corrected chi connectivity index (χ2v) is 5.08. The van der Waals surface area contributed by atoms with Crippen LogP contribution in [0.5, 0.6) is 12.0 Å². The van der Waals surface area contributed by atoms with Gasteiger partial charge in [0.05, 0.1) is 20.8 Å². The number of hydrogen-bond acceptors (Lipinski definition) is 8. The van der Waals surface area contributed by atoms with E-state index in [2.05, 4.69) is 20.3 Å². The zero-order valence-corrected chi connectivity index (χ0v) is 12.5. The number of ether oxygens (including phenoxy) is 2. The van der Waals surface area contributed by atoms with E-state index in [1.165, 1.54) is 14.2 Å². The van der Waals surface area contributed by atoms with E-state index in [1.54, 1.807) is 0 Å². The highest BCUT2D eigenvalue weighted by atomic mass is 16.5. The third kappa shape index (κ3) is 3.80. The Balaban J connectivity index is 2.02. The van der Waals surface area contributed by atoms with Gasteiger partial charge in [-0.05, 0) is 19.3 Å². The molecule has 1 amide bonds. The number of aliphatic hydroxyl groups is 2. The minimum atomic E-state index is -1.39. The van der Waals surface area contributed by atoms with Crippen molar-refractivity contribution in [1.82, 2.24) is 20.3 Å². The highest BCUT2D eigenvalue weighted by molar-refractivity contribution is 5.80. The molecule has 0 bridgehead atoms. The van der Waals surface area contributed by atoms with E-state index in [0.29, 0.717) is 12.2 Å². The summed E-state index contributed by atoms with van der Waals surface area (Å²) in [6.45, 7) is -0.593. The third-order valence-electron chi connectivity index (χ3n) is 3.60. The topological polar surface area (TPSA) is 127 Å². The number of methoxy groups -OCH3 is 2. The van der Waals surface area contributed by atoms with Crippen LogP contribution >= 0.6 is 0 Å². The lowest BCUT2D eigenvalue weighted by Crippen LogP contribution is -2.41. The van der Waals surface area contributed by atoms with Crippen molar-refractivity contribution < 1.29 is 24.5 Å². The summed E-state index contributed by atoms with van der Waals surface area (Å²) < 4.78 is 10.0. The van der Waals surface area contributed by atoms with Crippen LogP contribution in [-0.2, 0) is 4.79 Å². The summed E-state index contributed by atoms with van der Waals surface area (Å²) in [6, 6.07) is 0.280. The molecule has 1 aliphatic rings. The molecule has 0 aromatic carbocycles. The molecule has 2 rings (SSSR count). The van der Waals surface area contributed by atoms with Crippen LogP contribution in [0.1, 0.15) is 31.0 Å². The Kier molecular flexibility index (Phi) is 5.45. The fourth-order valence-electron chi connectivity index (χ4n) is 2.45. The number of nitrogens with one attached hydrogen (secondary N) is 1. The van der Waals surface area contributed by atoms with E-state index in [1.807, 2.05) is 0 Å². The molecule has 0 spiro atoms. The van der Waals surface area contributed by atoms with E-state index in [9.17, 15) is 9.90 Å². The monoisotopic (exact) mass is 312 g/mol. The van der Waals surface area contributed by atoms with Gasteiger partial charge in [-0.1, -0.05) is 0 Å². The number of carbonyl (C=O) groups is 1. The first-order chi connectivity index (χ1) is 10.6. The molecule has 0 saturated heterocycles. The molecule has 9 nitrogen and oxygen atoms in total. The van der Waals surface area contributed by atoms with Gasteiger partial charge in [0.25, 0.3) is 5.91 Å². The molecule has 2 unspecified atom stereocenters. The van der Waals surface area contributed by atoms with E-state index in [4.69, 9.17) is 14.6 Å². The normalized spacial score (nSPS) is 22.2. The Labute approximate surface area is 127 Å². The van der Waals surface area contributed by atoms with Gasteiger partial charge in [-0.25, -0.2) is 0 Å². The SMILES string of the molecule is COc1nc(OC)nc(C2CC[C@H](NC(=O)C(O)CO)C2)n1. The van der Waals surface area contributed by atoms with Crippen molar-refractivity contribution in [3.8, 4) is 12.0 Å². The average molecular weight is 312 g/mol. The first-order valence-electron chi connectivity index (χ1n) is 7.00.